The van der Waals surface area contributed by atoms with Gasteiger partial charge < -0.3 is 31.9 Å². The molecule has 342 valence electrons. The van der Waals surface area contributed by atoms with Gasteiger partial charge in [0, 0.05) is 51.6 Å². The molecule has 0 heterocycles. The molecule has 0 fully saturated rings. The first-order valence-corrected chi connectivity index (χ1v) is 22.0. The summed E-state index contributed by atoms with van der Waals surface area (Å²) in [7, 11) is -19.6. The van der Waals surface area contributed by atoms with Crippen molar-refractivity contribution in [2.75, 3.05) is 11.5 Å². The number of benzene rings is 6. The molecule has 0 spiro atoms. The van der Waals surface area contributed by atoms with Crippen molar-refractivity contribution in [3.8, 4) is 23.0 Å². The van der Waals surface area contributed by atoms with Crippen LogP contribution in [0.4, 0.5) is 45.5 Å². The van der Waals surface area contributed by atoms with E-state index in [9.17, 15) is 92.5 Å². The van der Waals surface area contributed by atoms with E-state index in [1.807, 2.05) is 0 Å². The van der Waals surface area contributed by atoms with E-state index in [1.165, 1.54) is 0 Å². The number of azo groups is 2. The number of nitrogens with zero attached hydrogens (tertiary/aromatic N) is 6. The topological polar surface area (TPSA) is 486 Å². The van der Waals surface area contributed by atoms with Crippen LogP contribution < -0.4 is 11.5 Å². The van der Waals surface area contributed by atoms with Gasteiger partial charge in [-0.1, -0.05) is 0 Å². The molecule has 12 N–H and O–H groups in total. The van der Waals surface area contributed by atoms with Crippen LogP contribution in [0.5, 0.6) is 23.0 Å². The fourth-order valence-corrected chi connectivity index (χ4v) is 7.91. The number of phenolic OH excluding ortho intramolecular Hbond substituents is 4. The largest absolute Gasteiger partial charge is 1.00 e. The summed E-state index contributed by atoms with van der Waals surface area (Å²) < 4.78 is 130. The molecule has 6 aromatic carbocycles. The minimum atomic E-state index is -5.06. The Kier molecular flexibility index (Phi) is 14.1. The average Bonchev–Trinajstić information content (AvgIpc) is 3.16. The molecule has 0 aromatic heterocycles. The minimum Gasteiger partial charge on any atom is -0.505 e. The van der Waals surface area contributed by atoms with Crippen LogP contribution in [0.2, 0.25) is 0 Å². The predicted molar refractivity (Wildman–Crippen MR) is 223 cm³/mol. The number of non-ortho nitro benzene ring substituents is 2. The fourth-order valence-electron chi connectivity index (χ4n) is 5.49. The van der Waals surface area contributed by atoms with Crippen LogP contribution in [0.15, 0.2) is 113 Å². The summed E-state index contributed by atoms with van der Waals surface area (Å²) in [5.41, 5.74) is 7.46. The molecule has 0 saturated carbocycles. The van der Waals surface area contributed by atoms with Crippen LogP contribution in [0.1, 0.15) is 7.13 Å². The Hall–Kier alpha value is -7.19. The van der Waals surface area contributed by atoms with Gasteiger partial charge in [-0.05, 0) is 59.3 Å². The maximum Gasteiger partial charge on any atom is 1.00 e. The number of fused-ring (bicyclic) bond motifs is 2. The summed E-state index contributed by atoms with van der Waals surface area (Å²) in [6.45, 7) is 0. The quantitative estimate of drug-likeness (QED) is 0.0252. The van der Waals surface area contributed by atoms with Crippen molar-refractivity contribution >= 4 is 108 Å². The van der Waals surface area contributed by atoms with Gasteiger partial charge >= 0.3 is 7.13 Å². The van der Waals surface area contributed by atoms with Crippen LogP contribution in [0.3, 0.4) is 0 Å². The second kappa shape index (κ2) is 18.1. The van der Waals surface area contributed by atoms with E-state index in [-0.39, 0.29) is 68.8 Å². The molecule has 0 unspecified atom stereocenters. The Bertz CT molecular complexity index is 3330. The summed E-state index contributed by atoms with van der Waals surface area (Å²) in [6, 6.07) is 10.1. The third-order valence-corrected chi connectivity index (χ3v) is 11.7. The summed E-state index contributed by atoms with van der Waals surface area (Å²) in [5, 5.41) is 75.3. The number of hydrogen-bond donors (Lipinski definition) is 10. The van der Waals surface area contributed by atoms with Crippen molar-refractivity contribution in [2.45, 2.75) is 19.6 Å². The summed E-state index contributed by atoms with van der Waals surface area (Å²) >= 11 is 0. The van der Waals surface area contributed by atoms with Crippen LogP contribution in [-0.4, -0.2) is 82.2 Å². The van der Waals surface area contributed by atoms with Gasteiger partial charge in [-0.2, -0.15) is 33.7 Å². The second-order valence-corrected chi connectivity index (χ2v) is 18.1. The molecule has 6 aromatic rings. The van der Waals surface area contributed by atoms with Crippen molar-refractivity contribution in [2.24, 2.45) is 20.5 Å². The molecule has 0 atom stereocenters. The van der Waals surface area contributed by atoms with Gasteiger partial charge in [0.2, 0.25) is 0 Å². The fraction of sp³-hybridized carbons (Fsp3) is 0. The number of hydrogen-bond acceptors (Lipinski definition) is 22. The molecule has 0 aliphatic rings. The number of nitrogen functional groups attached to an aromatic ring is 2. The Morgan fingerprint density at radius 3 is 1.08 bits per heavy atom. The minimum absolute atomic E-state index is 0. The number of anilines is 2. The van der Waals surface area contributed by atoms with Gasteiger partial charge in [0.1, 0.15) is 44.0 Å². The van der Waals surface area contributed by atoms with Gasteiger partial charge in [-0.25, -0.2) is 0 Å². The second-order valence-electron chi connectivity index (χ2n) is 12.5. The summed E-state index contributed by atoms with van der Waals surface area (Å²) in [6.07, 6.45) is 0. The average molecular weight is 1030 g/mol. The van der Waals surface area contributed by atoms with Crippen molar-refractivity contribution in [1.82, 2.24) is 0 Å². The summed E-state index contributed by atoms with van der Waals surface area (Å²) in [5.74, 6) is -3.21. The van der Waals surface area contributed by atoms with Gasteiger partial charge in [0.25, 0.3) is 51.8 Å². The van der Waals surface area contributed by atoms with Gasteiger partial charge in [0.05, 0.1) is 31.8 Å². The Labute approximate surface area is 380 Å². The third-order valence-electron chi connectivity index (χ3n) is 8.31. The van der Waals surface area contributed by atoms with Crippen molar-refractivity contribution < 1.29 is 107 Å². The number of rotatable bonds is 10. The predicted octanol–water partition coefficient (Wildman–Crippen LogP) is 5.86. The Morgan fingerprint density at radius 1 is 0.492 bits per heavy atom. The number of nitro groups is 2. The first kappa shape index (κ1) is 50.5. The molecule has 0 saturated heterocycles. The van der Waals surface area contributed by atoms with Crippen LogP contribution >= 0.6 is 0 Å². The SMILES string of the molecule is Nc1cc(S(=O)(=O)O)cc2cc(S(=O)(=O)O)c(N=Nc3ccc([N+](=O)[O-])cc3O)c(O)c12.Nc1cc(S(=O)(=O)O)cc2cc(S(=O)(=O)O)c(N=Nc3ccc([N+](=O)[O-])cc3O)c(O)c12.[Cr].[H+].[H+].[H+].[H+].[H+]. The first-order valence-electron chi connectivity index (χ1n) is 16.3. The molecular formula is C32H29CrN8O20S4+5. The van der Waals surface area contributed by atoms with E-state index >= 15 is 0 Å². The molecule has 33 heteroatoms. The van der Waals surface area contributed by atoms with E-state index < -0.39 is 116 Å². The van der Waals surface area contributed by atoms with Crippen molar-refractivity contribution in [3.05, 3.63) is 93.0 Å². The molecular weight excluding hydrogens is 997 g/mol. The molecule has 0 amide bonds. The smallest absolute Gasteiger partial charge is 0.505 e. The molecule has 6 rings (SSSR count). The van der Waals surface area contributed by atoms with E-state index in [0.717, 1.165) is 72.8 Å². The zero-order chi connectivity index (χ0) is 48.0. The number of nitrogens with two attached hydrogens (primary N) is 2. The normalized spacial score (nSPS) is 12.2. The Balaban J connectivity index is 0. The number of nitro benzene ring substituents is 2. The third kappa shape index (κ3) is 11.0. The van der Waals surface area contributed by atoms with Gasteiger partial charge in [-0.15, -0.1) is 20.5 Å². The standard InChI is InChI=1S/2C16H12N4O10S2.Cr/c2*17-10-6-9(31(25,26)27)3-7-4-13(32(28,29)30)15(16(22)14(7)10)19-18-11-2-1-8(20(23)24)5-12(11)21;/h2*1-6,21-22H,17H2,(H,25,26,27)(H,28,29,30);/p+5. The zero-order valence-electron chi connectivity index (χ0n) is 36.3. The Morgan fingerprint density at radius 2 is 0.815 bits per heavy atom. The maximum atomic E-state index is 11.8. The van der Waals surface area contributed by atoms with E-state index in [0.29, 0.717) is 0 Å². The molecule has 0 aliphatic carbocycles. The monoisotopic (exact) mass is 1020 g/mol. The van der Waals surface area contributed by atoms with Crippen molar-refractivity contribution in [1.29, 1.82) is 0 Å². The molecule has 65 heavy (non-hydrogen) atoms. The number of phenols is 4. The maximum absolute atomic E-state index is 11.8. The van der Waals surface area contributed by atoms with E-state index in [4.69, 9.17) is 11.5 Å². The number of aromatic hydroxyl groups is 4. The van der Waals surface area contributed by atoms with Crippen LogP contribution in [-0.2, 0) is 57.8 Å². The van der Waals surface area contributed by atoms with E-state index in [2.05, 4.69) is 20.5 Å². The molecule has 0 aliphatic heterocycles. The molecule has 28 nitrogen and oxygen atoms in total. The molecule has 0 radical (unpaired) electrons. The summed E-state index contributed by atoms with van der Waals surface area (Å²) in [4.78, 5) is 16.5. The van der Waals surface area contributed by atoms with Gasteiger partial charge in [0.15, 0.2) is 11.5 Å². The van der Waals surface area contributed by atoms with E-state index in [1.54, 1.807) is 0 Å². The first-order chi connectivity index (χ1) is 29.4. The van der Waals surface area contributed by atoms with Crippen LogP contribution in [0, 0.1) is 20.2 Å². The van der Waals surface area contributed by atoms with Crippen LogP contribution in [0.25, 0.3) is 21.5 Å². The van der Waals surface area contributed by atoms with Crippen molar-refractivity contribution in [3.63, 3.8) is 0 Å². The molecule has 0 bridgehead atoms. The zero-order valence-corrected chi connectivity index (χ0v) is 35.8. The van der Waals surface area contributed by atoms with Gasteiger partial charge in [-0.3, -0.25) is 38.4 Å².